The number of hydrogen-bond donors (Lipinski definition) is 3. The number of unbranched alkanes of at least 4 members (excludes halogenated alkanes) is 3. The largest absolute Gasteiger partial charge is 0.481 e. The van der Waals surface area contributed by atoms with E-state index >= 15 is 0 Å². The molecule has 0 aliphatic carbocycles. The van der Waals surface area contributed by atoms with Crippen molar-refractivity contribution in [1.29, 1.82) is 0 Å². The zero-order chi connectivity index (χ0) is 11.7. The SMILES string of the molecule is NCCCCCCC(CC(=O)O)C(=O)O. The molecule has 15 heavy (non-hydrogen) atoms. The second-order valence-corrected chi connectivity index (χ2v) is 3.62. The Hall–Kier alpha value is -1.10. The Labute approximate surface area is 89.3 Å². The first-order valence-electron chi connectivity index (χ1n) is 5.22. The minimum absolute atomic E-state index is 0.285. The highest BCUT2D eigenvalue weighted by Gasteiger charge is 2.19. The Morgan fingerprint density at radius 2 is 1.67 bits per heavy atom. The predicted molar refractivity (Wildman–Crippen MR) is 55.5 cm³/mol. The van der Waals surface area contributed by atoms with Crippen molar-refractivity contribution in [3.63, 3.8) is 0 Å². The predicted octanol–water partition coefficient (Wildman–Crippen LogP) is 1.07. The van der Waals surface area contributed by atoms with E-state index < -0.39 is 17.9 Å². The molecule has 5 nitrogen and oxygen atoms in total. The van der Waals surface area contributed by atoms with Gasteiger partial charge in [-0.15, -0.1) is 0 Å². The van der Waals surface area contributed by atoms with Gasteiger partial charge in [-0.3, -0.25) is 9.59 Å². The average molecular weight is 217 g/mol. The van der Waals surface area contributed by atoms with E-state index in [-0.39, 0.29) is 6.42 Å². The van der Waals surface area contributed by atoms with Gasteiger partial charge in [-0.25, -0.2) is 0 Å². The molecule has 0 fully saturated rings. The summed E-state index contributed by atoms with van der Waals surface area (Å²) < 4.78 is 0. The second-order valence-electron chi connectivity index (χ2n) is 3.62. The molecule has 0 amide bonds. The van der Waals surface area contributed by atoms with Crippen LogP contribution in [0.5, 0.6) is 0 Å². The topological polar surface area (TPSA) is 101 Å². The third-order valence-electron chi connectivity index (χ3n) is 2.28. The van der Waals surface area contributed by atoms with Gasteiger partial charge in [-0.2, -0.15) is 0 Å². The maximum atomic E-state index is 10.7. The zero-order valence-electron chi connectivity index (χ0n) is 8.82. The van der Waals surface area contributed by atoms with Gasteiger partial charge in [0.25, 0.3) is 0 Å². The molecule has 0 aliphatic heterocycles. The molecule has 5 heteroatoms. The number of hydrogen-bond acceptors (Lipinski definition) is 3. The van der Waals surface area contributed by atoms with Crippen LogP contribution in [-0.2, 0) is 9.59 Å². The fraction of sp³-hybridized carbons (Fsp3) is 0.800. The smallest absolute Gasteiger partial charge is 0.307 e. The van der Waals surface area contributed by atoms with Gasteiger partial charge in [-0.05, 0) is 19.4 Å². The Kier molecular flexibility index (Phi) is 7.62. The lowest BCUT2D eigenvalue weighted by atomic mass is 9.98. The molecule has 4 N–H and O–H groups in total. The fourth-order valence-corrected chi connectivity index (χ4v) is 1.41. The van der Waals surface area contributed by atoms with Crippen LogP contribution >= 0.6 is 0 Å². The van der Waals surface area contributed by atoms with Gasteiger partial charge < -0.3 is 15.9 Å². The van der Waals surface area contributed by atoms with Crippen molar-refractivity contribution >= 4 is 11.9 Å². The van der Waals surface area contributed by atoms with Crippen LogP contribution in [0.2, 0.25) is 0 Å². The highest BCUT2D eigenvalue weighted by atomic mass is 16.4. The van der Waals surface area contributed by atoms with E-state index in [1.165, 1.54) is 0 Å². The van der Waals surface area contributed by atoms with Crippen LogP contribution in [0.15, 0.2) is 0 Å². The van der Waals surface area contributed by atoms with E-state index in [1.54, 1.807) is 0 Å². The molecule has 1 atom stereocenters. The first-order valence-corrected chi connectivity index (χ1v) is 5.22. The van der Waals surface area contributed by atoms with E-state index in [4.69, 9.17) is 15.9 Å². The van der Waals surface area contributed by atoms with Crippen molar-refractivity contribution in [3.8, 4) is 0 Å². The number of nitrogens with two attached hydrogens (primary N) is 1. The molecule has 0 bridgehead atoms. The Morgan fingerprint density at radius 3 is 2.13 bits per heavy atom. The highest BCUT2D eigenvalue weighted by molar-refractivity contribution is 5.77. The van der Waals surface area contributed by atoms with Crippen LogP contribution in [0.4, 0.5) is 0 Å². The average Bonchev–Trinajstić information content (AvgIpc) is 2.15. The number of carboxylic acids is 2. The van der Waals surface area contributed by atoms with Crippen LogP contribution in [-0.4, -0.2) is 28.7 Å². The van der Waals surface area contributed by atoms with Gasteiger partial charge in [0, 0.05) is 0 Å². The molecule has 0 saturated carbocycles. The molecule has 0 spiro atoms. The monoisotopic (exact) mass is 217 g/mol. The summed E-state index contributed by atoms with van der Waals surface area (Å²) in [6.07, 6.45) is 3.75. The summed E-state index contributed by atoms with van der Waals surface area (Å²) in [7, 11) is 0. The van der Waals surface area contributed by atoms with Gasteiger partial charge in [0.15, 0.2) is 0 Å². The summed E-state index contributed by atoms with van der Waals surface area (Å²) in [6.45, 7) is 0.650. The number of carbonyl (C=O) groups is 2. The zero-order valence-corrected chi connectivity index (χ0v) is 8.82. The first kappa shape index (κ1) is 13.9. The van der Waals surface area contributed by atoms with Gasteiger partial charge in [-0.1, -0.05) is 19.3 Å². The van der Waals surface area contributed by atoms with Crippen LogP contribution in [0.3, 0.4) is 0 Å². The van der Waals surface area contributed by atoms with E-state index in [9.17, 15) is 9.59 Å². The van der Waals surface area contributed by atoms with Crippen molar-refractivity contribution in [3.05, 3.63) is 0 Å². The minimum atomic E-state index is -1.05. The first-order chi connectivity index (χ1) is 7.07. The Balaban J connectivity index is 3.67. The molecular weight excluding hydrogens is 198 g/mol. The maximum absolute atomic E-state index is 10.7. The van der Waals surface area contributed by atoms with Crippen molar-refractivity contribution in [2.24, 2.45) is 11.7 Å². The summed E-state index contributed by atoms with van der Waals surface area (Å²) >= 11 is 0. The van der Waals surface area contributed by atoms with Crippen molar-refractivity contribution in [2.45, 2.75) is 38.5 Å². The quantitative estimate of drug-likeness (QED) is 0.501. The van der Waals surface area contributed by atoms with Gasteiger partial charge in [0.2, 0.25) is 0 Å². The van der Waals surface area contributed by atoms with Crippen LogP contribution in [0.1, 0.15) is 38.5 Å². The standard InChI is InChI=1S/C10H19NO4/c11-6-4-2-1-3-5-8(10(14)15)7-9(12)13/h8H,1-7,11H2,(H,12,13)(H,14,15). The molecular formula is C10H19NO4. The van der Waals surface area contributed by atoms with Gasteiger partial charge in [0.05, 0.1) is 12.3 Å². The van der Waals surface area contributed by atoms with Crippen molar-refractivity contribution in [1.82, 2.24) is 0 Å². The molecule has 0 saturated heterocycles. The van der Waals surface area contributed by atoms with Gasteiger partial charge >= 0.3 is 11.9 Å². The third-order valence-corrected chi connectivity index (χ3v) is 2.28. The third kappa shape index (κ3) is 7.93. The molecule has 0 radical (unpaired) electrons. The summed E-state index contributed by atoms with van der Waals surface area (Å²) in [5.41, 5.74) is 5.31. The number of aliphatic carboxylic acids is 2. The molecule has 0 aromatic rings. The lowest BCUT2D eigenvalue weighted by Gasteiger charge is -2.08. The van der Waals surface area contributed by atoms with Crippen LogP contribution in [0, 0.1) is 5.92 Å². The van der Waals surface area contributed by atoms with Crippen LogP contribution in [0.25, 0.3) is 0 Å². The molecule has 88 valence electrons. The summed E-state index contributed by atoms with van der Waals surface area (Å²) in [4.78, 5) is 21.0. The van der Waals surface area contributed by atoms with Crippen molar-refractivity contribution in [2.75, 3.05) is 6.54 Å². The molecule has 0 aromatic carbocycles. The molecule has 1 unspecified atom stereocenters. The summed E-state index contributed by atoms with van der Waals surface area (Å²) in [5, 5.41) is 17.2. The van der Waals surface area contributed by atoms with Gasteiger partial charge in [0.1, 0.15) is 0 Å². The van der Waals surface area contributed by atoms with E-state index in [2.05, 4.69) is 0 Å². The number of rotatable bonds is 9. The van der Waals surface area contributed by atoms with Crippen LogP contribution < -0.4 is 5.73 Å². The normalized spacial score (nSPS) is 12.3. The van der Waals surface area contributed by atoms with E-state index in [0.29, 0.717) is 13.0 Å². The Morgan fingerprint density at radius 1 is 1.07 bits per heavy atom. The summed E-state index contributed by atoms with van der Waals surface area (Å²) in [5.74, 6) is -2.82. The van der Waals surface area contributed by atoms with Crippen molar-refractivity contribution < 1.29 is 19.8 Å². The lowest BCUT2D eigenvalue weighted by molar-refractivity contribution is -0.148. The highest BCUT2D eigenvalue weighted by Crippen LogP contribution is 2.14. The molecule has 0 aromatic heterocycles. The number of carboxylic acid groups (broad SMARTS) is 2. The van der Waals surface area contributed by atoms with E-state index in [0.717, 1.165) is 25.7 Å². The molecule has 0 rings (SSSR count). The fourth-order valence-electron chi connectivity index (χ4n) is 1.41. The van der Waals surface area contributed by atoms with E-state index in [1.807, 2.05) is 0 Å². The maximum Gasteiger partial charge on any atom is 0.307 e. The molecule has 0 aliphatic rings. The molecule has 0 heterocycles. The minimum Gasteiger partial charge on any atom is -0.481 e. The Bertz CT molecular complexity index is 206. The summed E-state index contributed by atoms with van der Waals surface area (Å²) in [6, 6.07) is 0. The second kappa shape index (κ2) is 8.23. The lowest BCUT2D eigenvalue weighted by Crippen LogP contribution is -2.17.